The number of benzene rings is 1. The highest BCUT2D eigenvalue weighted by Crippen LogP contribution is 2.16. The number of hydrogen-bond acceptors (Lipinski definition) is 2. The largest absolute Gasteiger partial charge is 0.314 e. The molecule has 0 saturated heterocycles. The predicted octanol–water partition coefficient (Wildman–Crippen LogP) is 2.85. The van der Waals surface area contributed by atoms with Crippen molar-refractivity contribution < 1.29 is 8.78 Å². The normalized spacial score (nSPS) is 12.6. The van der Waals surface area contributed by atoms with Crippen LogP contribution in [0.1, 0.15) is 24.6 Å². The minimum absolute atomic E-state index is 0.0382. The molecule has 0 aliphatic rings. The number of aromatic nitrogens is 2. The summed E-state index contributed by atoms with van der Waals surface area (Å²) in [6, 6.07) is 6.01. The molecule has 0 bridgehead atoms. The molecule has 1 aromatic carbocycles. The molecule has 0 spiro atoms. The molecule has 2 rings (SSSR count). The summed E-state index contributed by atoms with van der Waals surface area (Å²) >= 11 is 0. The van der Waals surface area contributed by atoms with Crippen LogP contribution in [0, 0.1) is 11.6 Å². The molecule has 114 valence electrons. The zero-order chi connectivity index (χ0) is 15.2. The van der Waals surface area contributed by atoms with Gasteiger partial charge in [0.05, 0.1) is 0 Å². The number of hydrogen-bond donors (Lipinski definition) is 1. The first-order chi connectivity index (χ1) is 10.1. The van der Waals surface area contributed by atoms with Crippen molar-refractivity contribution in [2.45, 2.75) is 32.2 Å². The summed E-state index contributed by atoms with van der Waals surface area (Å²) in [4.78, 5) is 0. The molecule has 1 N–H and O–H groups in total. The molecule has 0 aliphatic carbocycles. The molecular weight excluding hydrogens is 272 g/mol. The van der Waals surface area contributed by atoms with Crippen LogP contribution in [0.5, 0.6) is 0 Å². The van der Waals surface area contributed by atoms with Gasteiger partial charge in [-0.05, 0) is 44.0 Å². The van der Waals surface area contributed by atoms with Gasteiger partial charge in [-0.1, -0.05) is 13.0 Å². The van der Waals surface area contributed by atoms with E-state index in [1.54, 1.807) is 6.20 Å². The maximum absolute atomic E-state index is 13.7. The Morgan fingerprint density at radius 1 is 1.24 bits per heavy atom. The lowest BCUT2D eigenvalue weighted by atomic mass is 10.00. The van der Waals surface area contributed by atoms with Crippen LogP contribution in [-0.4, -0.2) is 22.4 Å². The van der Waals surface area contributed by atoms with Crippen molar-refractivity contribution in [3.05, 3.63) is 53.4 Å². The van der Waals surface area contributed by atoms with Gasteiger partial charge in [-0.2, -0.15) is 5.10 Å². The van der Waals surface area contributed by atoms with Gasteiger partial charge in [0.1, 0.15) is 11.6 Å². The Morgan fingerprint density at radius 2 is 1.95 bits per heavy atom. The maximum Gasteiger partial charge on any atom is 0.129 e. The smallest absolute Gasteiger partial charge is 0.129 e. The first kappa shape index (κ1) is 15.6. The van der Waals surface area contributed by atoms with E-state index in [1.807, 2.05) is 24.7 Å². The van der Waals surface area contributed by atoms with Crippen molar-refractivity contribution in [2.75, 3.05) is 6.54 Å². The number of nitrogens with zero attached hydrogens (tertiary/aromatic N) is 2. The zero-order valence-corrected chi connectivity index (χ0v) is 12.4. The van der Waals surface area contributed by atoms with Crippen LogP contribution < -0.4 is 5.32 Å². The molecule has 1 aromatic heterocycles. The molecule has 0 aliphatic heterocycles. The third-order valence-electron chi connectivity index (χ3n) is 3.68. The molecule has 5 heteroatoms. The van der Waals surface area contributed by atoms with E-state index in [9.17, 15) is 8.78 Å². The fourth-order valence-electron chi connectivity index (χ4n) is 2.51. The van der Waals surface area contributed by atoms with E-state index < -0.39 is 11.6 Å². The van der Waals surface area contributed by atoms with Gasteiger partial charge in [0.25, 0.3) is 0 Å². The van der Waals surface area contributed by atoms with Crippen LogP contribution in [0.4, 0.5) is 8.78 Å². The Hall–Kier alpha value is -1.75. The quantitative estimate of drug-likeness (QED) is 0.850. The average Bonchev–Trinajstić information content (AvgIpc) is 2.86. The molecule has 0 amide bonds. The molecule has 21 heavy (non-hydrogen) atoms. The predicted molar refractivity (Wildman–Crippen MR) is 79.1 cm³/mol. The maximum atomic E-state index is 13.7. The molecule has 1 unspecified atom stereocenters. The average molecular weight is 293 g/mol. The third kappa shape index (κ3) is 4.11. The Kier molecular flexibility index (Phi) is 5.44. The molecule has 0 fully saturated rings. The monoisotopic (exact) mass is 293 g/mol. The van der Waals surface area contributed by atoms with Crippen LogP contribution >= 0.6 is 0 Å². The topological polar surface area (TPSA) is 29.9 Å². The first-order valence-electron chi connectivity index (χ1n) is 7.25. The van der Waals surface area contributed by atoms with Crippen molar-refractivity contribution in [2.24, 2.45) is 7.05 Å². The minimum Gasteiger partial charge on any atom is -0.314 e. The second-order valence-corrected chi connectivity index (χ2v) is 5.14. The van der Waals surface area contributed by atoms with Gasteiger partial charge >= 0.3 is 0 Å². The summed E-state index contributed by atoms with van der Waals surface area (Å²) in [6.07, 6.45) is 3.74. The number of likely N-dealkylation sites (N-methyl/N-ethyl adjacent to an activating group) is 1. The summed E-state index contributed by atoms with van der Waals surface area (Å²) in [6.45, 7) is 2.76. The summed E-state index contributed by atoms with van der Waals surface area (Å²) in [7, 11) is 1.90. The Bertz CT molecular complexity index is 560. The summed E-state index contributed by atoms with van der Waals surface area (Å²) in [5, 5.41) is 7.43. The van der Waals surface area contributed by atoms with Crippen LogP contribution in [0.3, 0.4) is 0 Å². The molecule has 1 atom stereocenters. The van der Waals surface area contributed by atoms with Gasteiger partial charge in [0.2, 0.25) is 0 Å². The van der Waals surface area contributed by atoms with Gasteiger partial charge in [0.15, 0.2) is 0 Å². The molecule has 3 nitrogen and oxygen atoms in total. The fraction of sp³-hybridized carbons (Fsp3) is 0.438. The van der Waals surface area contributed by atoms with Gasteiger partial charge in [-0.3, -0.25) is 4.68 Å². The molecule has 0 saturated carbocycles. The SMILES string of the molecule is CCNC(CCc1ccnn1C)Cc1c(F)cccc1F. The summed E-state index contributed by atoms with van der Waals surface area (Å²) < 4.78 is 29.3. The van der Waals surface area contributed by atoms with E-state index >= 15 is 0 Å². The van der Waals surface area contributed by atoms with E-state index in [4.69, 9.17) is 0 Å². The summed E-state index contributed by atoms with van der Waals surface area (Å²) in [5.74, 6) is -0.947. The first-order valence-corrected chi connectivity index (χ1v) is 7.25. The zero-order valence-electron chi connectivity index (χ0n) is 12.4. The van der Waals surface area contributed by atoms with E-state index in [2.05, 4.69) is 10.4 Å². The number of halogens is 2. The van der Waals surface area contributed by atoms with Gasteiger partial charge in [0, 0.05) is 30.5 Å². The minimum atomic E-state index is -0.474. The molecular formula is C16H21F2N3. The second-order valence-electron chi connectivity index (χ2n) is 5.14. The van der Waals surface area contributed by atoms with Crippen LogP contribution in [0.25, 0.3) is 0 Å². The highest BCUT2D eigenvalue weighted by molar-refractivity contribution is 5.20. The van der Waals surface area contributed by atoms with Crippen LogP contribution in [0.15, 0.2) is 30.5 Å². The standard InChI is InChI=1S/C16H21F2N3/c1-3-19-12(7-8-13-9-10-20-21(13)2)11-14-15(17)5-4-6-16(14)18/h4-6,9-10,12,19H,3,7-8,11H2,1-2H3. The lowest BCUT2D eigenvalue weighted by Gasteiger charge is -2.18. The summed E-state index contributed by atoms with van der Waals surface area (Å²) in [5.41, 5.74) is 1.28. The van der Waals surface area contributed by atoms with E-state index in [1.165, 1.54) is 18.2 Å². The highest BCUT2D eigenvalue weighted by atomic mass is 19.1. The van der Waals surface area contributed by atoms with E-state index in [0.29, 0.717) is 6.42 Å². The third-order valence-corrected chi connectivity index (χ3v) is 3.68. The van der Waals surface area contributed by atoms with Gasteiger partial charge in [-0.25, -0.2) is 8.78 Å². The Labute approximate surface area is 124 Å². The van der Waals surface area contributed by atoms with Crippen molar-refractivity contribution in [1.29, 1.82) is 0 Å². The van der Waals surface area contributed by atoms with Crippen molar-refractivity contribution in [3.63, 3.8) is 0 Å². The highest BCUT2D eigenvalue weighted by Gasteiger charge is 2.15. The number of aryl methyl sites for hydroxylation is 2. The van der Waals surface area contributed by atoms with Crippen LogP contribution in [0.2, 0.25) is 0 Å². The fourth-order valence-corrected chi connectivity index (χ4v) is 2.51. The van der Waals surface area contributed by atoms with Crippen molar-refractivity contribution >= 4 is 0 Å². The second kappa shape index (κ2) is 7.31. The van der Waals surface area contributed by atoms with Crippen LogP contribution in [-0.2, 0) is 19.9 Å². The molecule has 1 heterocycles. The van der Waals surface area contributed by atoms with E-state index in [-0.39, 0.29) is 11.6 Å². The number of nitrogens with one attached hydrogen (secondary N) is 1. The lowest BCUT2D eigenvalue weighted by Crippen LogP contribution is -2.32. The number of rotatable bonds is 7. The Balaban J connectivity index is 2.03. The van der Waals surface area contributed by atoms with Gasteiger partial charge in [-0.15, -0.1) is 0 Å². The van der Waals surface area contributed by atoms with E-state index in [0.717, 1.165) is 25.1 Å². The van der Waals surface area contributed by atoms with Gasteiger partial charge < -0.3 is 5.32 Å². The molecule has 0 radical (unpaired) electrons. The van der Waals surface area contributed by atoms with Crippen molar-refractivity contribution in [1.82, 2.24) is 15.1 Å². The lowest BCUT2D eigenvalue weighted by molar-refractivity contribution is 0.459. The Morgan fingerprint density at radius 3 is 2.52 bits per heavy atom. The van der Waals surface area contributed by atoms with Crippen molar-refractivity contribution in [3.8, 4) is 0 Å². The molecule has 2 aromatic rings.